The molecule has 1 aromatic heterocycles. The quantitative estimate of drug-likeness (QED) is 0.922. The zero-order chi connectivity index (χ0) is 13.8. The number of aromatic nitrogens is 3. The molecule has 0 bridgehead atoms. The molecule has 4 nitrogen and oxygen atoms in total. The van der Waals surface area contributed by atoms with Gasteiger partial charge in [-0.05, 0) is 12.5 Å². The molecule has 19 heavy (non-hydrogen) atoms. The summed E-state index contributed by atoms with van der Waals surface area (Å²) in [5.74, 6) is 0.741. The van der Waals surface area contributed by atoms with Crippen molar-refractivity contribution in [2.75, 3.05) is 0 Å². The molecule has 0 saturated carbocycles. The van der Waals surface area contributed by atoms with Crippen molar-refractivity contribution >= 4 is 23.2 Å². The highest BCUT2D eigenvalue weighted by Crippen LogP contribution is 2.31. The van der Waals surface area contributed by atoms with Crippen LogP contribution in [-0.2, 0) is 13.0 Å². The Bertz CT molecular complexity index is 557. The Labute approximate surface area is 122 Å². The average molecular weight is 300 g/mol. The minimum Gasteiger partial charge on any atom is -0.388 e. The van der Waals surface area contributed by atoms with Gasteiger partial charge in [0.25, 0.3) is 0 Å². The molecule has 1 aromatic carbocycles. The molecule has 1 atom stereocenters. The summed E-state index contributed by atoms with van der Waals surface area (Å²) in [7, 11) is 0. The monoisotopic (exact) mass is 299 g/mol. The van der Waals surface area contributed by atoms with Crippen molar-refractivity contribution in [2.24, 2.45) is 0 Å². The van der Waals surface area contributed by atoms with Crippen LogP contribution in [0.5, 0.6) is 0 Å². The maximum atomic E-state index is 10.3. The van der Waals surface area contributed by atoms with E-state index in [1.807, 2.05) is 0 Å². The maximum Gasteiger partial charge on any atom is 0.138 e. The second-order valence-corrected chi connectivity index (χ2v) is 5.05. The molecule has 0 radical (unpaired) electrons. The van der Waals surface area contributed by atoms with Gasteiger partial charge in [0.15, 0.2) is 0 Å². The van der Waals surface area contributed by atoms with E-state index in [1.54, 1.807) is 22.9 Å². The lowest BCUT2D eigenvalue weighted by Crippen LogP contribution is -2.10. The Balaban J connectivity index is 2.18. The Kier molecular flexibility index (Phi) is 4.80. The summed E-state index contributed by atoms with van der Waals surface area (Å²) in [6, 6.07) is 5.22. The number of hydrogen-bond donors (Lipinski definition) is 1. The molecule has 6 heteroatoms. The van der Waals surface area contributed by atoms with Gasteiger partial charge in [0.05, 0.1) is 16.1 Å². The second-order valence-electron chi connectivity index (χ2n) is 4.26. The standard InChI is InChI=1S/C13H15Cl2N3O/c1-2-6-18-12(16-8-17-18)7-11(19)9-4-3-5-10(14)13(9)15/h3-5,8,11,19H,2,6-7H2,1H3. The van der Waals surface area contributed by atoms with E-state index in [1.165, 1.54) is 6.33 Å². The third-order valence-electron chi connectivity index (χ3n) is 2.85. The van der Waals surface area contributed by atoms with Crippen LogP contribution in [0.15, 0.2) is 24.5 Å². The van der Waals surface area contributed by atoms with Gasteiger partial charge < -0.3 is 5.11 Å². The normalized spacial score (nSPS) is 12.6. The molecule has 1 N–H and O–H groups in total. The van der Waals surface area contributed by atoms with Crippen LogP contribution in [0.25, 0.3) is 0 Å². The molecule has 0 aliphatic heterocycles. The van der Waals surface area contributed by atoms with Gasteiger partial charge in [0, 0.05) is 18.5 Å². The summed E-state index contributed by atoms with van der Waals surface area (Å²) < 4.78 is 1.79. The fourth-order valence-electron chi connectivity index (χ4n) is 1.91. The number of aryl methyl sites for hydroxylation is 1. The van der Waals surface area contributed by atoms with Gasteiger partial charge in [-0.25, -0.2) is 4.98 Å². The summed E-state index contributed by atoms with van der Waals surface area (Å²) >= 11 is 12.0. The molecule has 0 aliphatic rings. The molecule has 102 valence electrons. The average Bonchev–Trinajstić information content (AvgIpc) is 2.80. The lowest BCUT2D eigenvalue weighted by Gasteiger charge is -2.13. The van der Waals surface area contributed by atoms with Crippen molar-refractivity contribution in [3.8, 4) is 0 Å². The first-order chi connectivity index (χ1) is 9.13. The Morgan fingerprint density at radius 2 is 2.16 bits per heavy atom. The first-order valence-corrected chi connectivity index (χ1v) is 6.87. The number of halogens is 2. The topological polar surface area (TPSA) is 50.9 Å². The van der Waals surface area contributed by atoms with Gasteiger partial charge >= 0.3 is 0 Å². The van der Waals surface area contributed by atoms with Crippen LogP contribution < -0.4 is 0 Å². The van der Waals surface area contributed by atoms with E-state index in [2.05, 4.69) is 17.0 Å². The van der Waals surface area contributed by atoms with Crippen molar-refractivity contribution in [1.29, 1.82) is 0 Å². The van der Waals surface area contributed by atoms with Crippen LogP contribution in [0, 0.1) is 0 Å². The van der Waals surface area contributed by atoms with E-state index in [-0.39, 0.29) is 0 Å². The highest BCUT2D eigenvalue weighted by molar-refractivity contribution is 6.42. The van der Waals surface area contributed by atoms with Crippen LogP contribution in [0.4, 0.5) is 0 Å². The van der Waals surface area contributed by atoms with Crippen LogP contribution in [0.3, 0.4) is 0 Å². The van der Waals surface area contributed by atoms with Crippen LogP contribution >= 0.6 is 23.2 Å². The van der Waals surface area contributed by atoms with Gasteiger partial charge in [-0.15, -0.1) is 0 Å². The number of rotatable bonds is 5. The van der Waals surface area contributed by atoms with Gasteiger partial charge in [0.1, 0.15) is 12.2 Å². The SMILES string of the molecule is CCCn1ncnc1CC(O)c1cccc(Cl)c1Cl. The molecule has 1 unspecified atom stereocenters. The lowest BCUT2D eigenvalue weighted by molar-refractivity contribution is 0.174. The molecule has 0 amide bonds. The predicted molar refractivity (Wildman–Crippen MR) is 75.4 cm³/mol. The van der Waals surface area contributed by atoms with Crippen LogP contribution in [0.1, 0.15) is 30.8 Å². The second kappa shape index (κ2) is 6.37. The van der Waals surface area contributed by atoms with Crippen molar-refractivity contribution in [3.05, 3.63) is 46.0 Å². The summed E-state index contributed by atoms with van der Waals surface area (Å²) in [6.45, 7) is 2.85. The van der Waals surface area contributed by atoms with Crippen LogP contribution in [-0.4, -0.2) is 19.9 Å². The molecule has 2 rings (SSSR count). The van der Waals surface area contributed by atoms with Gasteiger partial charge in [0.2, 0.25) is 0 Å². The maximum absolute atomic E-state index is 10.3. The molecule has 0 spiro atoms. The molecule has 0 saturated heterocycles. The minimum atomic E-state index is -0.744. The Morgan fingerprint density at radius 3 is 2.89 bits per heavy atom. The molecule has 2 aromatic rings. The number of aliphatic hydroxyl groups is 1. The zero-order valence-electron chi connectivity index (χ0n) is 10.6. The zero-order valence-corrected chi connectivity index (χ0v) is 12.1. The highest BCUT2D eigenvalue weighted by Gasteiger charge is 2.17. The van der Waals surface area contributed by atoms with E-state index < -0.39 is 6.10 Å². The Hall–Kier alpha value is -1.10. The van der Waals surface area contributed by atoms with Crippen molar-refractivity contribution < 1.29 is 5.11 Å². The third-order valence-corrected chi connectivity index (χ3v) is 3.68. The summed E-state index contributed by atoms with van der Waals surface area (Å²) in [4.78, 5) is 4.17. The predicted octanol–water partition coefficient (Wildman–Crippen LogP) is 3.27. The van der Waals surface area contributed by atoms with Gasteiger partial charge in [-0.1, -0.05) is 42.3 Å². The molecule has 0 aliphatic carbocycles. The fourth-order valence-corrected chi connectivity index (χ4v) is 2.34. The third kappa shape index (κ3) is 3.26. The van der Waals surface area contributed by atoms with Crippen molar-refractivity contribution in [1.82, 2.24) is 14.8 Å². The first kappa shape index (κ1) is 14.3. The molecule has 0 fully saturated rings. The van der Waals surface area contributed by atoms with Gasteiger partial charge in [-0.2, -0.15) is 5.10 Å². The molecular formula is C13H15Cl2N3O. The highest BCUT2D eigenvalue weighted by atomic mass is 35.5. The minimum absolute atomic E-state index is 0.361. The van der Waals surface area contributed by atoms with E-state index >= 15 is 0 Å². The van der Waals surface area contributed by atoms with Crippen molar-refractivity contribution in [2.45, 2.75) is 32.4 Å². The number of benzene rings is 1. The number of hydrogen-bond acceptors (Lipinski definition) is 3. The van der Waals surface area contributed by atoms with E-state index in [0.29, 0.717) is 22.0 Å². The summed E-state index contributed by atoms with van der Waals surface area (Å²) in [5.41, 5.74) is 0.611. The number of nitrogens with zero attached hydrogens (tertiary/aromatic N) is 3. The van der Waals surface area contributed by atoms with Crippen molar-refractivity contribution in [3.63, 3.8) is 0 Å². The molecular weight excluding hydrogens is 285 g/mol. The summed E-state index contributed by atoms with van der Waals surface area (Å²) in [6.07, 6.45) is 2.08. The smallest absolute Gasteiger partial charge is 0.138 e. The Morgan fingerprint density at radius 1 is 1.37 bits per heavy atom. The van der Waals surface area contributed by atoms with E-state index in [4.69, 9.17) is 23.2 Å². The largest absolute Gasteiger partial charge is 0.388 e. The summed E-state index contributed by atoms with van der Waals surface area (Å²) in [5, 5.41) is 15.2. The molecule has 1 heterocycles. The van der Waals surface area contributed by atoms with E-state index in [0.717, 1.165) is 18.8 Å². The fraction of sp³-hybridized carbons (Fsp3) is 0.385. The van der Waals surface area contributed by atoms with Crippen LogP contribution in [0.2, 0.25) is 10.0 Å². The number of aliphatic hydroxyl groups excluding tert-OH is 1. The van der Waals surface area contributed by atoms with Gasteiger partial charge in [-0.3, -0.25) is 4.68 Å². The lowest BCUT2D eigenvalue weighted by atomic mass is 10.1. The van der Waals surface area contributed by atoms with E-state index in [9.17, 15) is 5.11 Å². The first-order valence-electron chi connectivity index (χ1n) is 6.12.